The van der Waals surface area contributed by atoms with Crippen LogP contribution in [0.2, 0.25) is 0 Å². The van der Waals surface area contributed by atoms with Gasteiger partial charge in [0.2, 0.25) is 0 Å². The molecule has 0 saturated heterocycles. The Balaban J connectivity index is 1.79. The topological polar surface area (TPSA) is 59.8 Å². The first-order valence-corrected chi connectivity index (χ1v) is 10.1. The van der Waals surface area contributed by atoms with E-state index in [0.717, 1.165) is 27.6 Å². The van der Waals surface area contributed by atoms with Gasteiger partial charge in [0.15, 0.2) is 12.0 Å². The third-order valence-corrected chi connectivity index (χ3v) is 6.10. The van der Waals surface area contributed by atoms with Crippen molar-refractivity contribution in [2.75, 3.05) is 0 Å². The van der Waals surface area contributed by atoms with Crippen LogP contribution in [0, 0.1) is 5.21 Å². The van der Waals surface area contributed by atoms with Crippen LogP contribution in [-0.4, -0.2) is 10.8 Å². The van der Waals surface area contributed by atoms with Gasteiger partial charge in [-0.05, 0) is 35.4 Å². The quantitative estimate of drug-likeness (QED) is 0.217. The number of hydrogen-bond donors (Lipinski definition) is 1. The van der Waals surface area contributed by atoms with E-state index in [9.17, 15) is 10.0 Å². The van der Waals surface area contributed by atoms with Gasteiger partial charge in [0.1, 0.15) is 5.25 Å². The molecule has 0 saturated carbocycles. The number of ketones is 1. The van der Waals surface area contributed by atoms with Crippen LogP contribution in [0.5, 0.6) is 0 Å². The summed E-state index contributed by atoms with van der Waals surface area (Å²) in [5.74, 6) is -0.0143. The summed E-state index contributed by atoms with van der Waals surface area (Å²) in [7, 11) is 0. The molecular weight excluding hydrogens is 368 g/mol. The number of carbonyl (C=O) groups excluding carboxylic acids is 1. The van der Waals surface area contributed by atoms with Crippen molar-refractivity contribution in [2.24, 2.45) is 0 Å². The highest BCUT2D eigenvalue weighted by Crippen LogP contribution is 2.38. The molecular formula is C23H20N2O2S. The van der Waals surface area contributed by atoms with Gasteiger partial charge >= 0.3 is 0 Å². The van der Waals surface area contributed by atoms with Crippen molar-refractivity contribution in [1.82, 2.24) is 4.98 Å². The Morgan fingerprint density at radius 2 is 1.86 bits per heavy atom. The molecule has 0 bridgehead atoms. The lowest BCUT2D eigenvalue weighted by molar-refractivity contribution is -0.645. The third-order valence-electron chi connectivity index (χ3n) is 4.82. The molecule has 0 unspecified atom stereocenters. The highest BCUT2D eigenvalue weighted by atomic mass is 32.2. The van der Waals surface area contributed by atoms with Gasteiger partial charge < -0.3 is 10.2 Å². The van der Waals surface area contributed by atoms with Crippen LogP contribution in [-0.2, 0) is 6.42 Å². The molecule has 2 aromatic heterocycles. The summed E-state index contributed by atoms with van der Waals surface area (Å²) in [6, 6.07) is 20.9. The average molecular weight is 388 g/mol. The predicted molar refractivity (Wildman–Crippen MR) is 112 cm³/mol. The number of nitrogens with zero attached hydrogens (tertiary/aromatic N) is 1. The number of aryl methyl sites for hydroxylation is 1. The monoisotopic (exact) mass is 388 g/mol. The number of pyridine rings is 1. The molecule has 0 aliphatic heterocycles. The number of benzene rings is 2. The molecule has 140 valence electrons. The number of Topliss-reactive ketones (excluding diaryl/α,β-unsaturated/α-hetero) is 1. The molecule has 2 aromatic carbocycles. The van der Waals surface area contributed by atoms with Crippen molar-refractivity contribution in [3.63, 3.8) is 0 Å². The second kappa shape index (κ2) is 7.90. The van der Waals surface area contributed by atoms with Crippen LogP contribution in [0.4, 0.5) is 0 Å². The molecule has 1 atom stereocenters. The fourth-order valence-corrected chi connectivity index (χ4v) is 4.47. The van der Waals surface area contributed by atoms with Crippen LogP contribution in [0.15, 0.2) is 84.1 Å². The number of thioether (sulfide) groups is 1. The molecule has 4 nitrogen and oxygen atoms in total. The fourth-order valence-electron chi connectivity index (χ4n) is 3.38. The number of rotatable bonds is 6. The van der Waals surface area contributed by atoms with Gasteiger partial charge in [-0.2, -0.15) is 4.73 Å². The Hall–Kier alpha value is -3.05. The number of aromatic nitrogens is 2. The number of hydrogen-bond acceptors (Lipinski definition) is 3. The Labute approximate surface area is 167 Å². The highest BCUT2D eigenvalue weighted by Gasteiger charge is 2.28. The molecule has 0 radical (unpaired) electrons. The molecule has 0 aliphatic rings. The molecule has 28 heavy (non-hydrogen) atoms. The lowest BCUT2D eigenvalue weighted by Gasteiger charge is -2.15. The van der Waals surface area contributed by atoms with Crippen molar-refractivity contribution < 1.29 is 9.52 Å². The molecule has 0 fully saturated rings. The first kappa shape index (κ1) is 18.3. The summed E-state index contributed by atoms with van der Waals surface area (Å²) in [5.41, 5.74) is 3.71. The van der Waals surface area contributed by atoms with Gasteiger partial charge in [0, 0.05) is 34.8 Å². The molecule has 4 aromatic rings. The molecule has 0 spiro atoms. The van der Waals surface area contributed by atoms with Gasteiger partial charge in [-0.3, -0.25) is 4.79 Å². The van der Waals surface area contributed by atoms with E-state index in [0.29, 0.717) is 10.6 Å². The van der Waals surface area contributed by atoms with E-state index < -0.39 is 5.25 Å². The van der Waals surface area contributed by atoms with Crippen molar-refractivity contribution in [3.8, 4) is 0 Å². The maximum absolute atomic E-state index is 13.6. The lowest BCUT2D eigenvalue weighted by Crippen LogP contribution is -2.28. The largest absolute Gasteiger partial charge is 0.618 e. The summed E-state index contributed by atoms with van der Waals surface area (Å²) >= 11 is 1.28. The van der Waals surface area contributed by atoms with Crippen molar-refractivity contribution in [3.05, 3.63) is 101 Å². The molecule has 4 rings (SSSR count). The van der Waals surface area contributed by atoms with Crippen molar-refractivity contribution in [1.29, 1.82) is 0 Å². The lowest BCUT2D eigenvalue weighted by atomic mass is 10.0. The molecule has 0 aliphatic carbocycles. The zero-order valence-electron chi connectivity index (χ0n) is 15.5. The second-order valence-electron chi connectivity index (χ2n) is 6.53. The normalized spacial score (nSPS) is 12.2. The Bertz CT molecular complexity index is 1120. The van der Waals surface area contributed by atoms with E-state index in [1.165, 1.54) is 23.5 Å². The number of fused-ring (bicyclic) bond motifs is 1. The van der Waals surface area contributed by atoms with Crippen LogP contribution >= 0.6 is 11.8 Å². The minimum atomic E-state index is -0.506. The summed E-state index contributed by atoms with van der Waals surface area (Å²) in [6.45, 7) is 2.10. The van der Waals surface area contributed by atoms with E-state index in [2.05, 4.69) is 18.0 Å². The summed E-state index contributed by atoms with van der Waals surface area (Å²) < 4.78 is 0.804. The zero-order chi connectivity index (χ0) is 19.5. The first-order chi connectivity index (χ1) is 13.7. The molecule has 5 heteroatoms. The minimum Gasteiger partial charge on any atom is -0.618 e. The van der Waals surface area contributed by atoms with Crippen LogP contribution < -0.4 is 4.73 Å². The Kier molecular flexibility index (Phi) is 5.17. The second-order valence-corrected chi connectivity index (χ2v) is 7.66. The van der Waals surface area contributed by atoms with E-state index in [4.69, 9.17) is 0 Å². The van der Waals surface area contributed by atoms with E-state index >= 15 is 0 Å². The number of para-hydroxylation sites is 1. The van der Waals surface area contributed by atoms with E-state index in [-0.39, 0.29) is 5.78 Å². The zero-order valence-corrected chi connectivity index (χ0v) is 16.3. The number of nitrogens with one attached hydrogen (secondary N) is 1. The third kappa shape index (κ3) is 3.41. The summed E-state index contributed by atoms with van der Waals surface area (Å²) in [5, 5.41) is 13.1. The van der Waals surface area contributed by atoms with Crippen LogP contribution in [0.25, 0.3) is 10.9 Å². The smallest absolute Gasteiger partial charge is 0.252 e. The van der Waals surface area contributed by atoms with Gasteiger partial charge in [-0.25, -0.2) is 0 Å². The van der Waals surface area contributed by atoms with Gasteiger partial charge in [0.25, 0.3) is 5.03 Å². The number of aromatic amines is 1. The maximum Gasteiger partial charge on any atom is 0.252 e. The number of carbonyl (C=O) groups is 1. The minimum absolute atomic E-state index is 0.0143. The van der Waals surface area contributed by atoms with Crippen molar-refractivity contribution >= 4 is 28.4 Å². The predicted octanol–water partition coefficient (Wildman–Crippen LogP) is 5.08. The molecule has 1 N–H and O–H groups in total. The molecule has 0 amide bonds. The summed E-state index contributed by atoms with van der Waals surface area (Å²) in [4.78, 5) is 16.9. The van der Waals surface area contributed by atoms with E-state index in [1.807, 2.05) is 48.5 Å². The van der Waals surface area contributed by atoms with Crippen molar-refractivity contribution in [2.45, 2.75) is 23.6 Å². The number of H-pyrrole nitrogens is 1. The Morgan fingerprint density at radius 3 is 2.61 bits per heavy atom. The average Bonchev–Trinajstić information content (AvgIpc) is 3.17. The first-order valence-electron chi connectivity index (χ1n) is 9.22. The molecule has 2 heterocycles. The van der Waals surface area contributed by atoms with Crippen LogP contribution in [0.3, 0.4) is 0 Å². The SMILES string of the molecule is CCc1cccc2c(C(=O)[C@@H](Sc3cccc[n+]3[O-])c3ccccc3)c[nH]c12. The highest BCUT2D eigenvalue weighted by molar-refractivity contribution is 8.00. The van der Waals surface area contributed by atoms with Gasteiger partial charge in [-0.15, -0.1) is 0 Å². The van der Waals surface area contributed by atoms with Crippen LogP contribution in [0.1, 0.15) is 33.7 Å². The van der Waals surface area contributed by atoms with Gasteiger partial charge in [-0.1, -0.05) is 55.5 Å². The fraction of sp³-hybridized carbons (Fsp3) is 0.130. The summed E-state index contributed by atoms with van der Waals surface area (Å²) in [6.07, 6.45) is 4.13. The van der Waals surface area contributed by atoms with E-state index in [1.54, 1.807) is 18.3 Å². The Morgan fingerprint density at radius 1 is 1.07 bits per heavy atom. The standard InChI is InChI=1S/C23H20N2O2S/c1-2-16-11-8-12-18-19(15-24-21(16)18)22(26)23(17-9-4-3-5-10-17)28-20-13-6-7-14-25(20)27/h3-15,23-24H,2H2,1H3/t23-/m0/s1. The van der Waals surface area contributed by atoms with Gasteiger partial charge in [0.05, 0.1) is 0 Å². The maximum atomic E-state index is 13.6.